The number of halogens is 2. The van der Waals surface area contributed by atoms with Crippen molar-refractivity contribution in [3.8, 4) is 22.0 Å². The van der Waals surface area contributed by atoms with Gasteiger partial charge in [0.1, 0.15) is 10.2 Å². The molecule has 0 aromatic carbocycles. The van der Waals surface area contributed by atoms with E-state index in [0.717, 1.165) is 26.4 Å². The molecular formula is C13H11BrClN5S. The fourth-order valence-electron chi connectivity index (χ4n) is 1.84. The van der Waals surface area contributed by atoms with E-state index in [1.54, 1.807) is 10.9 Å². The summed E-state index contributed by atoms with van der Waals surface area (Å²) in [5.41, 5.74) is 1.76. The molecule has 3 aromatic rings. The van der Waals surface area contributed by atoms with Crippen LogP contribution in [0.25, 0.3) is 22.0 Å². The van der Waals surface area contributed by atoms with Gasteiger partial charge in [-0.1, -0.05) is 11.6 Å². The van der Waals surface area contributed by atoms with Gasteiger partial charge in [-0.3, -0.25) is 4.68 Å². The zero-order valence-corrected chi connectivity index (χ0v) is 14.4. The minimum atomic E-state index is 0.637. The monoisotopic (exact) mass is 383 g/mol. The number of rotatable bonds is 3. The summed E-state index contributed by atoms with van der Waals surface area (Å²) in [4.78, 5) is 10.0. The van der Waals surface area contributed by atoms with Crippen LogP contribution in [0.4, 0.5) is 5.82 Å². The predicted molar refractivity (Wildman–Crippen MR) is 89.8 cm³/mol. The molecule has 3 aromatic heterocycles. The van der Waals surface area contributed by atoms with E-state index in [0.29, 0.717) is 10.2 Å². The summed E-state index contributed by atoms with van der Waals surface area (Å²) in [6.07, 6.45) is 3.70. The summed E-state index contributed by atoms with van der Waals surface area (Å²) in [6.45, 7) is 0. The Hall–Kier alpha value is -1.44. The normalized spacial score (nSPS) is 10.9. The highest BCUT2D eigenvalue weighted by molar-refractivity contribution is 9.10. The molecule has 8 heteroatoms. The second-order valence-corrected chi connectivity index (χ2v) is 6.86. The average Bonchev–Trinajstić information content (AvgIpc) is 3.05. The number of aromatic nitrogens is 4. The van der Waals surface area contributed by atoms with E-state index < -0.39 is 0 Å². The van der Waals surface area contributed by atoms with Crippen LogP contribution in [0.3, 0.4) is 0 Å². The lowest BCUT2D eigenvalue weighted by molar-refractivity contribution is 0.768. The van der Waals surface area contributed by atoms with Crippen LogP contribution in [0, 0.1) is 0 Å². The molecule has 0 saturated heterocycles. The Morgan fingerprint density at radius 2 is 2.14 bits per heavy atom. The quantitative estimate of drug-likeness (QED) is 0.740. The Balaban J connectivity index is 2.13. The first kappa shape index (κ1) is 14.5. The fraction of sp³-hybridized carbons (Fsp3) is 0.154. The van der Waals surface area contributed by atoms with Gasteiger partial charge < -0.3 is 5.32 Å². The van der Waals surface area contributed by atoms with Crippen molar-refractivity contribution in [2.24, 2.45) is 7.05 Å². The van der Waals surface area contributed by atoms with Crippen molar-refractivity contribution in [2.75, 3.05) is 12.4 Å². The maximum atomic E-state index is 6.10. The first-order chi connectivity index (χ1) is 10.1. The molecule has 0 spiro atoms. The number of anilines is 1. The standard InChI is InChI=1S/C13H11BrClN5S/c1-16-11-4-9(7-5-17-20(2)6-7)18-13(19-11)10-3-8(14)12(15)21-10/h3-6H,1-2H3,(H,16,18,19). The van der Waals surface area contributed by atoms with Crippen LogP contribution in [0.15, 0.2) is 29.0 Å². The van der Waals surface area contributed by atoms with Crippen molar-refractivity contribution in [3.63, 3.8) is 0 Å². The van der Waals surface area contributed by atoms with Crippen molar-refractivity contribution < 1.29 is 0 Å². The maximum Gasteiger partial charge on any atom is 0.172 e. The van der Waals surface area contributed by atoms with Gasteiger partial charge in [0.15, 0.2) is 5.82 Å². The van der Waals surface area contributed by atoms with Crippen molar-refractivity contribution in [3.05, 3.63) is 33.3 Å². The summed E-state index contributed by atoms with van der Waals surface area (Å²) in [5, 5.41) is 7.24. The zero-order chi connectivity index (χ0) is 15.0. The van der Waals surface area contributed by atoms with E-state index >= 15 is 0 Å². The molecule has 0 radical (unpaired) electrons. The molecule has 0 aliphatic rings. The van der Waals surface area contributed by atoms with Crippen molar-refractivity contribution in [1.82, 2.24) is 19.7 Å². The highest BCUT2D eigenvalue weighted by Gasteiger charge is 2.13. The molecule has 0 bridgehead atoms. The summed E-state index contributed by atoms with van der Waals surface area (Å²) in [5.74, 6) is 1.39. The summed E-state index contributed by atoms with van der Waals surface area (Å²) >= 11 is 11.0. The molecule has 3 heterocycles. The van der Waals surface area contributed by atoms with Crippen molar-refractivity contribution in [1.29, 1.82) is 0 Å². The molecule has 0 amide bonds. The number of hydrogen-bond donors (Lipinski definition) is 1. The maximum absolute atomic E-state index is 6.10. The molecule has 0 saturated carbocycles. The highest BCUT2D eigenvalue weighted by atomic mass is 79.9. The molecule has 0 fully saturated rings. The molecule has 108 valence electrons. The summed E-state index contributed by atoms with van der Waals surface area (Å²) < 4.78 is 3.28. The van der Waals surface area contributed by atoms with Gasteiger partial charge in [-0.2, -0.15) is 5.10 Å². The van der Waals surface area contributed by atoms with Crippen LogP contribution >= 0.6 is 38.9 Å². The van der Waals surface area contributed by atoms with E-state index in [4.69, 9.17) is 11.6 Å². The minimum absolute atomic E-state index is 0.637. The Kier molecular flexibility index (Phi) is 3.97. The average molecular weight is 385 g/mol. The number of hydrogen-bond acceptors (Lipinski definition) is 5. The van der Waals surface area contributed by atoms with E-state index in [-0.39, 0.29) is 0 Å². The van der Waals surface area contributed by atoms with Crippen LogP contribution < -0.4 is 5.32 Å². The summed E-state index contributed by atoms with van der Waals surface area (Å²) in [6, 6.07) is 3.82. The van der Waals surface area contributed by atoms with Crippen molar-refractivity contribution in [2.45, 2.75) is 0 Å². The largest absolute Gasteiger partial charge is 0.373 e. The number of nitrogens with zero attached hydrogens (tertiary/aromatic N) is 4. The third kappa shape index (κ3) is 2.95. The number of thiophene rings is 1. The van der Waals surface area contributed by atoms with Crippen LogP contribution in [-0.2, 0) is 7.05 Å². The van der Waals surface area contributed by atoms with Crippen molar-refractivity contribution >= 4 is 44.7 Å². The molecule has 1 N–H and O–H groups in total. The van der Waals surface area contributed by atoms with Gasteiger partial charge in [0, 0.05) is 36.4 Å². The van der Waals surface area contributed by atoms with Crippen LogP contribution in [0.1, 0.15) is 0 Å². The SMILES string of the molecule is CNc1cc(-c2cnn(C)c2)nc(-c2cc(Br)c(Cl)s2)n1. The van der Waals surface area contributed by atoms with Crippen LogP contribution in [0.5, 0.6) is 0 Å². The van der Waals surface area contributed by atoms with Gasteiger partial charge in [0.05, 0.1) is 16.8 Å². The van der Waals surface area contributed by atoms with Gasteiger partial charge >= 0.3 is 0 Å². The first-order valence-corrected chi connectivity index (χ1v) is 8.06. The molecule has 0 atom stereocenters. The number of aryl methyl sites for hydroxylation is 1. The van der Waals surface area contributed by atoms with Gasteiger partial charge in [-0.25, -0.2) is 9.97 Å². The topological polar surface area (TPSA) is 55.6 Å². The molecule has 0 unspecified atom stereocenters. The second kappa shape index (κ2) is 5.75. The molecule has 3 rings (SSSR count). The van der Waals surface area contributed by atoms with Gasteiger partial charge in [0.2, 0.25) is 0 Å². The Morgan fingerprint density at radius 1 is 1.33 bits per heavy atom. The van der Waals surface area contributed by atoms with E-state index in [9.17, 15) is 0 Å². The zero-order valence-electron chi connectivity index (χ0n) is 11.3. The van der Waals surface area contributed by atoms with Gasteiger partial charge in [-0.05, 0) is 22.0 Å². The second-order valence-electron chi connectivity index (χ2n) is 4.35. The lowest BCUT2D eigenvalue weighted by Gasteiger charge is -2.05. The van der Waals surface area contributed by atoms with E-state index in [1.807, 2.05) is 32.4 Å². The lowest BCUT2D eigenvalue weighted by Crippen LogP contribution is -1.97. The smallest absolute Gasteiger partial charge is 0.172 e. The summed E-state index contributed by atoms with van der Waals surface area (Å²) in [7, 11) is 3.71. The minimum Gasteiger partial charge on any atom is -0.373 e. The fourth-order valence-corrected chi connectivity index (χ4v) is 3.48. The molecule has 0 aliphatic carbocycles. The van der Waals surface area contributed by atoms with Crippen LogP contribution in [0.2, 0.25) is 4.34 Å². The highest BCUT2D eigenvalue weighted by Crippen LogP contribution is 2.37. The predicted octanol–water partition coefficient (Wildman–Crippen LogP) is 4.06. The molecule has 21 heavy (non-hydrogen) atoms. The third-order valence-corrected chi connectivity index (χ3v) is 5.32. The lowest BCUT2D eigenvalue weighted by atomic mass is 10.2. The Morgan fingerprint density at radius 3 is 2.71 bits per heavy atom. The Labute approximate surface area is 139 Å². The van der Waals surface area contributed by atoms with Crippen LogP contribution in [-0.4, -0.2) is 26.8 Å². The van der Waals surface area contributed by atoms with Gasteiger partial charge in [-0.15, -0.1) is 11.3 Å². The third-order valence-electron chi connectivity index (χ3n) is 2.85. The number of nitrogens with one attached hydrogen (secondary N) is 1. The molecular weight excluding hydrogens is 374 g/mol. The van der Waals surface area contributed by atoms with Gasteiger partial charge in [0.25, 0.3) is 0 Å². The van der Waals surface area contributed by atoms with E-state index in [1.165, 1.54) is 11.3 Å². The Bertz CT molecular complexity index is 778. The molecule has 5 nitrogen and oxygen atoms in total. The first-order valence-electron chi connectivity index (χ1n) is 6.08. The molecule has 0 aliphatic heterocycles. The van der Waals surface area contributed by atoms with E-state index in [2.05, 4.69) is 36.3 Å².